The quantitative estimate of drug-likeness (QED) is 0.0963. The van der Waals surface area contributed by atoms with Gasteiger partial charge in [0.25, 0.3) is 5.91 Å². The Morgan fingerprint density at radius 3 is 2.17 bits per heavy atom. The van der Waals surface area contributed by atoms with E-state index in [1.165, 1.54) is 5.06 Å². The van der Waals surface area contributed by atoms with Crippen LogP contribution >= 0.6 is 0 Å². The summed E-state index contributed by atoms with van der Waals surface area (Å²) in [4.78, 5) is 62.8. The molecule has 0 radical (unpaired) electrons. The molecule has 0 saturated carbocycles. The molecule has 2 heterocycles. The van der Waals surface area contributed by atoms with Crippen LogP contribution < -0.4 is 16.0 Å². The van der Waals surface area contributed by atoms with Gasteiger partial charge in [-0.1, -0.05) is 84.9 Å². The van der Waals surface area contributed by atoms with Crippen LogP contribution in [0.2, 0.25) is 0 Å². The molecule has 12 nitrogen and oxygen atoms in total. The van der Waals surface area contributed by atoms with Crippen molar-refractivity contribution in [1.82, 2.24) is 25.9 Å². The van der Waals surface area contributed by atoms with Crippen molar-refractivity contribution in [1.29, 1.82) is 0 Å². The van der Waals surface area contributed by atoms with Crippen LogP contribution in [0.5, 0.6) is 0 Å². The van der Waals surface area contributed by atoms with Gasteiger partial charge in [0.1, 0.15) is 0 Å². The van der Waals surface area contributed by atoms with Crippen LogP contribution in [0, 0.1) is 35.5 Å². The second-order valence-corrected chi connectivity index (χ2v) is 17.9. The van der Waals surface area contributed by atoms with Gasteiger partial charge >= 0.3 is 0 Å². The number of methoxy groups -OCH3 is 2. The normalized spacial score (nSPS) is 20.6. The molecule has 1 aromatic carbocycles. The van der Waals surface area contributed by atoms with Crippen LogP contribution in [0.3, 0.4) is 0 Å². The number of likely N-dealkylation sites (N-methyl/N-ethyl adjacent to an activating group) is 1. The lowest BCUT2D eigenvalue weighted by Crippen LogP contribution is -2.54. The van der Waals surface area contributed by atoms with E-state index in [0.717, 1.165) is 37.7 Å². The number of rotatable bonds is 26. The smallest absolute Gasteiger partial charge is 0.263 e. The average Bonchev–Trinajstić information content (AvgIpc) is 3.71. The standard InChI is InChI=1S/C47H79N5O7/c1-12-19-33(6)37(24-23-34(7)44(54)42(31(2)3)50-46(55)43(48-9)32(4)5)40(57-10)29-41(53)51-25-18-22-39(51)45(58-11)35(8)30-49-38(28-36-20-14-13-15-21-36)47(56)52-26-16-17-27-59-52/h12-15,20-21,31-35,37-40,42-43,45,48-49H,1,16-19,22-30H2,2-11H3,(H,50,55)/t33-,34?,35-,37-,38+,39-,40+,42-,43-,45+/m0/s1. The Bertz CT molecular complexity index is 1440. The van der Waals surface area contributed by atoms with Gasteiger partial charge in [0.2, 0.25) is 11.8 Å². The number of nitrogens with one attached hydrogen (secondary N) is 3. The van der Waals surface area contributed by atoms with E-state index in [1.54, 1.807) is 21.3 Å². The number of ketones is 1. The first-order valence-electron chi connectivity index (χ1n) is 22.4. The highest BCUT2D eigenvalue weighted by atomic mass is 16.7. The minimum Gasteiger partial charge on any atom is -0.381 e. The SMILES string of the molecule is C=CC[C@H](C)[C@H](CCC(C)C(=O)[C@@H](NC(=O)[C@@H](NC)C(C)C)C(C)C)[C@@H](CC(=O)N1CCC[C@H]1[C@H](OC)[C@@H](C)CN[C@H](Cc1ccccc1)C(=O)N1CCCCO1)OC. The van der Waals surface area contributed by atoms with Gasteiger partial charge in [-0.2, -0.15) is 0 Å². The molecule has 3 N–H and O–H groups in total. The summed E-state index contributed by atoms with van der Waals surface area (Å²) in [5.74, 6) is -0.267. The van der Waals surface area contributed by atoms with Crippen molar-refractivity contribution in [3.05, 3.63) is 48.6 Å². The van der Waals surface area contributed by atoms with Crippen LogP contribution in [-0.2, 0) is 39.9 Å². The number of ether oxygens (including phenoxy) is 2. The third kappa shape index (κ3) is 14.8. The lowest BCUT2D eigenvalue weighted by atomic mass is 9.79. The molecule has 0 aliphatic carbocycles. The monoisotopic (exact) mass is 826 g/mol. The summed E-state index contributed by atoms with van der Waals surface area (Å²) < 4.78 is 12.3. The number of nitrogens with zero attached hydrogens (tertiary/aromatic N) is 2. The van der Waals surface area contributed by atoms with Crippen LogP contribution in [0.4, 0.5) is 0 Å². The third-order valence-electron chi connectivity index (χ3n) is 12.7. The fraction of sp³-hybridized carbons (Fsp3) is 0.745. The van der Waals surface area contributed by atoms with E-state index < -0.39 is 12.1 Å². The predicted octanol–water partition coefficient (Wildman–Crippen LogP) is 5.99. The summed E-state index contributed by atoms with van der Waals surface area (Å²) in [5.41, 5.74) is 1.07. The summed E-state index contributed by atoms with van der Waals surface area (Å²) in [6, 6.07) is 8.48. The molecule has 1 unspecified atom stereocenters. The fourth-order valence-corrected chi connectivity index (χ4v) is 9.14. The Hall–Kier alpha value is -3.16. The number of likely N-dealkylation sites (tertiary alicyclic amines) is 1. The minimum absolute atomic E-state index is 0.00157. The highest BCUT2D eigenvalue weighted by Gasteiger charge is 2.40. The van der Waals surface area contributed by atoms with Crippen molar-refractivity contribution < 1.29 is 33.5 Å². The van der Waals surface area contributed by atoms with Crippen molar-refractivity contribution in [2.75, 3.05) is 47.5 Å². The van der Waals surface area contributed by atoms with Crippen LogP contribution in [0.15, 0.2) is 43.0 Å². The molecule has 2 saturated heterocycles. The summed E-state index contributed by atoms with van der Waals surface area (Å²) in [5, 5.41) is 11.2. The van der Waals surface area contributed by atoms with E-state index in [0.29, 0.717) is 45.5 Å². The van der Waals surface area contributed by atoms with Gasteiger partial charge in [-0.3, -0.25) is 24.0 Å². The van der Waals surface area contributed by atoms with E-state index in [2.05, 4.69) is 36.4 Å². The fourth-order valence-electron chi connectivity index (χ4n) is 9.14. The second-order valence-electron chi connectivity index (χ2n) is 17.9. The molecule has 12 heteroatoms. The number of amides is 3. The van der Waals surface area contributed by atoms with Crippen molar-refractivity contribution >= 4 is 23.5 Å². The molecule has 0 spiro atoms. The first-order chi connectivity index (χ1) is 28.2. The van der Waals surface area contributed by atoms with Crippen LogP contribution in [0.1, 0.15) is 105 Å². The second kappa shape index (κ2) is 25.6. The van der Waals surface area contributed by atoms with Gasteiger partial charge in [0.05, 0.1) is 49.4 Å². The maximum absolute atomic E-state index is 14.3. The molecule has 2 fully saturated rings. The number of carbonyl (C=O) groups excluding carboxylic acids is 4. The topological polar surface area (TPSA) is 139 Å². The Morgan fingerprint density at radius 2 is 1.59 bits per heavy atom. The van der Waals surface area contributed by atoms with Gasteiger partial charge in [-0.05, 0) is 93.6 Å². The predicted molar refractivity (Wildman–Crippen MR) is 234 cm³/mol. The van der Waals surface area contributed by atoms with Crippen molar-refractivity contribution in [3.63, 3.8) is 0 Å². The molecule has 10 atom stereocenters. The van der Waals surface area contributed by atoms with E-state index in [1.807, 2.05) is 75.9 Å². The summed E-state index contributed by atoms with van der Waals surface area (Å²) >= 11 is 0. The number of Topliss-reactive ketones (excluding diaryl/α,β-unsaturated/α-hetero) is 1. The molecular weight excluding hydrogens is 747 g/mol. The van der Waals surface area contributed by atoms with Gasteiger partial charge in [-0.15, -0.1) is 6.58 Å². The molecule has 2 aliphatic rings. The van der Waals surface area contributed by atoms with Crippen molar-refractivity contribution in [2.45, 2.75) is 143 Å². The number of hydroxylamine groups is 2. The molecular formula is C47H79N5O7. The highest BCUT2D eigenvalue weighted by molar-refractivity contribution is 5.92. The van der Waals surface area contributed by atoms with Gasteiger partial charge in [0, 0.05) is 39.8 Å². The van der Waals surface area contributed by atoms with E-state index >= 15 is 0 Å². The van der Waals surface area contributed by atoms with Gasteiger partial charge < -0.3 is 30.3 Å². The highest BCUT2D eigenvalue weighted by Crippen LogP contribution is 2.33. The Kier molecular flexibility index (Phi) is 21.8. The minimum atomic E-state index is -0.590. The molecule has 334 valence electrons. The lowest BCUT2D eigenvalue weighted by Gasteiger charge is -2.37. The van der Waals surface area contributed by atoms with Gasteiger partial charge in [0.15, 0.2) is 5.78 Å². The molecule has 3 amide bonds. The number of allylic oxidation sites excluding steroid dienone is 1. The van der Waals surface area contributed by atoms with Gasteiger partial charge in [-0.25, -0.2) is 5.06 Å². The van der Waals surface area contributed by atoms with Crippen LogP contribution in [0.25, 0.3) is 0 Å². The van der Waals surface area contributed by atoms with Crippen LogP contribution in [-0.4, -0.2) is 117 Å². The maximum Gasteiger partial charge on any atom is 0.263 e. The zero-order valence-corrected chi connectivity index (χ0v) is 38.0. The summed E-state index contributed by atoms with van der Waals surface area (Å²) in [6.45, 7) is 20.4. The van der Waals surface area contributed by atoms with Crippen molar-refractivity contribution in [3.8, 4) is 0 Å². The average molecular weight is 826 g/mol. The van der Waals surface area contributed by atoms with E-state index in [4.69, 9.17) is 14.3 Å². The maximum atomic E-state index is 14.3. The first kappa shape index (κ1) is 50.2. The molecule has 0 bridgehead atoms. The van der Waals surface area contributed by atoms with Crippen molar-refractivity contribution in [2.24, 2.45) is 35.5 Å². The number of benzene rings is 1. The first-order valence-corrected chi connectivity index (χ1v) is 22.4. The third-order valence-corrected chi connectivity index (χ3v) is 12.7. The summed E-state index contributed by atoms with van der Waals surface area (Å²) in [6.07, 6.45) is 7.70. The zero-order valence-electron chi connectivity index (χ0n) is 38.0. The van der Waals surface area contributed by atoms with E-state index in [-0.39, 0.29) is 89.7 Å². The van der Waals surface area contributed by atoms with E-state index in [9.17, 15) is 19.2 Å². The molecule has 2 aliphatic heterocycles. The Morgan fingerprint density at radius 1 is 0.898 bits per heavy atom. The molecule has 3 rings (SSSR count). The molecule has 1 aromatic rings. The molecule has 59 heavy (non-hydrogen) atoms. The molecule has 0 aromatic heterocycles. The lowest BCUT2D eigenvalue weighted by molar-refractivity contribution is -0.199. The number of carbonyl (C=O) groups is 4. The largest absolute Gasteiger partial charge is 0.381 e. The number of hydrogen-bond acceptors (Lipinski definition) is 9. The zero-order chi connectivity index (χ0) is 43.6. The Labute approximate surface area is 356 Å². The Balaban J connectivity index is 1.70. The number of hydrogen-bond donors (Lipinski definition) is 3. The summed E-state index contributed by atoms with van der Waals surface area (Å²) in [7, 11) is 5.15.